The van der Waals surface area contributed by atoms with Gasteiger partial charge in [0.1, 0.15) is 5.82 Å². The lowest BCUT2D eigenvalue weighted by atomic mass is 10.2. The fourth-order valence-electron chi connectivity index (χ4n) is 1.02. The smallest absolute Gasteiger partial charge is 0.303 e. The van der Waals surface area contributed by atoms with Crippen molar-refractivity contribution in [1.29, 1.82) is 0 Å². The van der Waals surface area contributed by atoms with Gasteiger partial charge in [-0.1, -0.05) is 0 Å². The van der Waals surface area contributed by atoms with Gasteiger partial charge in [-0.3, -0.25) is 9.59 Å². The van der Waals surface area contributed by atoms with Gasteiger partial charge in [-0.05, 0) is 6.42 Å². The van der Waals surface area contributed by atoms with Crippen LogP contribution in [0.25, 0.3) is 0 Å². The summed E-state index contributed by atoms with van der Waals surface area (Å²) in [5.74, 6) is -0.942. The number of rotatable bonds is 4. The molecule has 1 heterocycles. The van der Waals surface area contributed by atoms with E-state index in [4.69, 9.17) is 10.2 Å². The Balaban J connectivity index is 2.59. The number of nitrogens with one attached hydrogen (secondary N) is 1. The van der Waals surface area contributed by atoms with Crippen LogP contribution in [0.2, 0.25) is 0 Å². The maximum Gasteiger partial charge on any atom is 0.303 e. The van der Waals surface area contributed by atoms with Crippen molar-refractivity contribution < 1.29 is 15.0 Å². The van der Waals surface area contributed by atoms with E-state index in [1.807, 2.05) is 0 Å². The summed E-state index contributed by atoms with van der Waals surface area (Å²) >= 11 is 0. The predicted molar refractivity (Wildman–Crippen MR) is 47.1 cm³/mol. The molecule has 0 radical (unpaired) electrons. The van der Waals surface area contributed by atoms with Crippen molar-refractivity contribution in [3.8, 4) is 5.88 Å². The summed E-state index contributed by atoms with van der Waals surface area (Å²) in [4.78, 5) is 27.1. The van der Waals surface area contributed by atoms with E-state index in [1.165, 1.54) is 0 Å². The van der Waals surface area contributed by atoms with Crippen LogP contribution in [-0.4, -0.2) is 26.2 Å². The molecule has 6 nitrogen and oxygen atoms in total. The van der Waals surface area contributed by atoms with Gasteiger partial charge in [-0.25, -0.2) is 4.98 Å². The van der Waals surface area contributed by atoms with Crippen LogP contribution < -0.4 is 5.56 Å². The number of aromatic hydroxyl groups is 1. The average Bonchev–Trinajstić information content (AvgIpc) is 2.01. The molecule has 0 aromatic carbocycles. The van der Waals surface area contributed by atoms with E-state index >= 15 is 0 Å². The average molecular weight is 198 g/mol. The third-order valence-electron chi connectivity index (χ3n) is 1.58. The predicted octanol–water partition coefficient (Wildman–Crippen LogP) is -0.117. The van der Waals surface area contributed by atoms with Gasteiger partial charge in [-0.15, -0.1) is 0 Å². The highest BCUT2D eigenvalue weighted by Gasteiger charge is 2.01. The third-order valence-corrected chi connectivity index (χ3v) is 1.58. The van der Waals surface area contributed by atoms with Gasteiger partial charge in [0.05, 0.1) is 6.07 Å². The molecule has 3 N–H and O–H groups in total. The Labute approximate surface area is 79.2 Å². The minimum Gasteiger partial charge on any atom is -0.493 e. The van der Waals surface area contributed by atoms with Crippen molar-refractivity contribution in [2.45, 2.75) is 19.3 Å². The van der Waals surface area contributed by atoms with Crippen LogP contribution in [-0.2, 0) is 11.2 Å². The zero-order chi connectivity index (χ0) is 10.6. The molecule has 1 aromatic heterocycles. The van der Waals surface area contributed by atoms with Crippen molar-refractivity contribution in [3.63, 3.8) is 0 Å². The van der Waals surface area contributed by atoms with Crippen LogP contribution >= 0.6 is 0 Å². The number of aromatic nitrogens is 2. The van der Waals surface area contributed by atoms with E-state index in [2.05, 4.69) is 9.97 Å². The summed E-state index contributed by atoms with van der Waals surface area (Å²) in [6.07, 6.45) is 0.719. The molecular formula is C8H10N2O4. The molecule has 76 valence electrons. The number of aromatic amines is 1. The molecule has 0 aliphatic rings. The van der Waals surface area contributed by atoms with Crippen molar-refractivity contribution in [3.05, 3.63) is 22.2 Å². The molecule has 0 saturated heterocycles. The van der Waals surface area contributed by atoms with Crippen molar-refractivity contribution in [2.24, 2.45) is 0 Å². The van der Waals surface area contributed by atoms with Crippen LogP contribution in [0.15, 0.2) is 10.9 Å². The van der Waals surface area contributed by atoms with E-state index in [0.717, 1.165) is 6.07 Å². The molecule has 1 aromatic rings. The van der Waals surface area contributed by atoms with E-state index in [0.29, 0.717) is 18.7 Å². The molecule has 0 aliphatic carbocycles. The molecule has 14 heavy (non-hydrogen) atoms. The molecule has 0 fully saturated rings. The fourth-order valence-corrected chi connectivity index (χ4v) is 1.02. The standard InChI is InChI=1S/C8H10N2O4/c11-6-4-7(12)10-5(9-6)2-1-3-8(13)14/h4H,1-3H2,(H,13,14)(H2,9,10,11,12). The van der Waals surface area contributed by atoms with Gasteiger partial charge < -0.3 is 15.2 Å². The van der Waals surface area contributed by atoms with Crippen molar-refractivity contribution >= 4 is 5.97 Å². The minimum atomic E-state index is -0.896. The molecular weight excluding hydrogens is 188 g/mol. The lowest BCUT2D eigenvalue weighted by Gasteiger charge is -1.98. The Bertz CT molecular complexity index is 385. The van der Waals surface area contributed by atoms with Crippen LogP contribution in [0.5, 0.6) is 5.88 Å². The number of aliphatic carboxylic acids is 1. The lowest BCUT2D eigenvalue weighted by Crippen LogP contribution is -2.09. The Morgan fingerprint density at radius 3 is 2.86 bits per heavy atom. The van der Waals surface area contributed by atoms with Crippen molar-refractivity contribution in [1.82, 2.24) is 9.97 Å². The largest absolute Gasteiger partial charge is 0.493 e. The second-order valence-corrected chi connectivity index (χ2v) is 2.80. The first-order valence-corrected chi connectivity index (χ1v) is 4.09. The summed E-state index contributed by atoms with van der Waals surface area (Å²) in [5.41, 5.74) is -0.442. The third kappa shape index (κ3) is 3.26. The number of carbonyl (C=O) groups is 1. The quantitative estimate of drug-likeness (QED) is 0.625. The molecule has 0 atom stereocenters. The first kappa shape index (κ1) is 10.2. The number of nitrogens with zero attached hydrogens (tertiary/aromatic N) is 1. The maximum absolute atomic E-state index is 10.8. The van der Waals surface area contributed by atoms with Gasteiger partial charge in [0, 0.05) is 12.8 Å². The lowest BCUT2D eigenvalue weighted by molar-refractivity contribution is -0.137. The number of aryl methyl sites for hydroxylation is 1. The first-order valence-electron chi connectivity index (χ1n) is 4.09. The number of carboxylic acids is 1. The van der Waals surface area contributed by atoms with Crippen LogP contribution in [0.1, 0.15) is 18.7 Å². The highest BCUT2D eigenvalue weighted by molar-refractivity contribution is 5.66. The van der Waals surface area contributed by atoms with E-state index in [9.17, 15) is 9.59 Å². The maximum atomic E-state index is 10.8. The molecule has 0 aliphatic heterocycles. The minimum absolute atomic E-state index is 0.0133. The monoisotopic (exact) mass is 198 g/mol. The zero-order valence-corrected chi connectivity index (χ0v) is 7.36. The molecule has 0 bridgehead atoms. The topological polar surface area (TPSA) is 103 Å². The zero-order valence-electron chi connectivity index (χ0n) is 7.36. The summed E-state index contributed by atoms with van der Waals surface area (Å²) in [6, 6.07) is 0.959. The highest BCUT2D eigenvalue weighted by atomic mass is 16.4. The van der Waals surface area contributed by atoms with E-state index in [-0.39, 0.29) is 12.3 Å². The Kier molecular flexibility index (Phi) is 3.22. The van der Waals surface area contributed by atoms with Crippen LogP contribution in [0.4, 0.5) is 0 Å². The van der Waals surface area contributed by atoms with Gasteiger partial charge in [-0.2, -0.15) is 0 Å². The summed E-state index contributed by atoms with van der Waals surface area (Å²) in [5, 5.41) is 17.3. The van der Waals surface area contributed by atoms with Crippen molar-refractivity contribution in [2.75, 3.05) is 0 Å². The number of hydrogen-bond acceptors (Lipinski definition) is 4. The highest BCUT2D eigenvalue weighted by Crippen LogP contribution is 2.02. The normalized spacial score (nSPS) is 10.0. The second kappa shape index (κ2) is 4.40. The molecule has 0 spiro atoms. The molecule has 0 unspecified atom stereocenters. The van der Waals surface area contributed by atoms with Gasteiger partial charge >= 0.3 is 5.97 Å². The van der Waals surface area contributed by atoms with E-state index in [1.54, 1.807) is 0 Å². The molecule has 1 rings (SSSR count). The first-order chi connectivity index (χ1) is 6.58. The summed E-state index contributed by atoms with van der Waals surface area (Å²) in [6.45, 7) is 0. The fraction of sp³-hybridized carbons (Fsp3) is 0.375. The van der Waals surface area contributed by atoms with Gasteiger partial charge in [0.2, 0.25) is 5.88 Å². The number of carboxylic acid groups (broad SMARTS) is 1. The van der Waals surface area contributed by atoms with Crippen LogP contribution in [0, 0.1) is 0 Å². The Hall–Kier alpha value is -1.85. The number of hydrogen-bond donors (Lipinski definition) is 3. The second-order valence-electron chi connectivity index (χ2n) is 2.80. The molecule has 0 amide bonds. The van der Waals surface area contributed by atoms with E-state index < -0.39 is 11.5 Å². The summed E-state index contributed by atoms with van der Waals surface area (Å²) in [7, 11) is 0. The summed E-state index contributed by atoms with van der Waals surface area (Å²) < 4.78 is 0. The van der Waals surface area contributed by atoms with Gasteiger partial charge in [0.15, 0.2) is 0 Å². The van der Waals surface area contributed by atoms with Gasteiger partial charge in [0.25, 0.3) is 5.56 Å². The Morgan fingerprint density at radius 2 is 2.29 bits per heavy atom. The Morgan fingerprint density at radius 1 is 1.57 bits per heavy atom. The number of H-pyrrole nitrogens is 1. The molecule has 6 heteroatoms. The molecule has 0 saturated carbocycles. The SMILES string of the molecule is O=C(O)CCCc1nc(O)cc(=O)[nH]1. The van der Waals surface area contributed by atoms with Crippen LogP contribution in [0.3, 0.4) is 0 Å².